The molecule has 0 bridgehead atoms. The summed E-state index contributed by atoms with van der Waals surface area (Å²) in [5, 5.41) is 0. The summed E-state index contributed by atoms with van der Waals surface area (Å²) in [6.45, 7) is 2.47. The van der Waals surface area contributed by atoms with E-state index in [1.54, 1.807) is 12.1 Å². The fraction of sp³-hybridized carbons (Fsp3) is 0.357. The Morgan fingerprint density at radius 2 is 2.12 bits per heavy atom. The van der Waals surface area contributed by atoms with Crippen molar-refractivity contribution in [2.45, 2.75) is 25.9 Å². The predicted octanol–water partition coefficient (Wildman–Crippen LogP) is 3.00. The van der Waals surface area contributed by atoms with E-state index in [0.29, 0.717) is 23.7 Å². The second kappa shape index (κ2) is 5.53. The first-order valence-electron chi connectivity index (χ1n) is 5.87. The molecule has 0 aliphatic heterocycles. The summed E-state index contributed by atoms with van der Waals surface area (Å²) in [4.78, 5) is 11.0. The lowest BCUT2D eigenvalue weighted by Crippen LogP contribution is -2.13. The molecule has 3 heteroatoms. The van der Waals surface area contributed by atoms with Crippen LogP contribution in [0.15, 0.2) is 30.4 Å². The Labute approximate surface area is 101 Å². The van der Waals surface area contributed by atoms with Gasteiger partial charge in [0.2, 0.25) is 0 Å². The lowest BCUT2D eigenvalue weighted by atomic mass is 10.2. The lowest BCUT2D eigenvalue weighted by molar-refractivity contribution is 0.111. The van der Waals surface area contributed by atoms with E-state index in [2.05, 4.69) is 12.2 Å². The molecular weight excluding hydrogens is 216 g/mol. The molecule has 0 N–H and O–H groups in total. The highest BCUT2D eigenvalue weighted by Gasteiger charge is 2.17. The zero-order valence-corrected chi connectivity index (χ0v) is 9.89. The Morgan fingerprint density at radius 3 is 2.76 bits per heavy atom. The van der Waals surface area contributed by atoms with Crippen molar-refractivity contribution in [2.75, 3.05) is 6.61 Å². The fourth-order valence-electron chi connectivity index (χ4n) is 1.88. The van der Waals surface area contributed by atoms with Gasteiger partial charge in [-0.3, -0.25) is 4.79 Å². The van der Waals surface area contributed by atoms with Gasteiger partial charge < -0.3 is 9.47 Å². The Bertz CT molecular complexity index is 415. The van der Waals surface area contributed by atoms with Crippen LogP contribution in [0.5, 0.6) is 11.5 Å². The van der Waals surface area contributed by atoms with Crippen LogP contribution in [0.4, 0.5) is 0 Å². The topological polar surface area (TPSA) is 35.5 Å². The van der Waals surface area contributed by atoms with E-state index in [0.717, 1.165) is 19.1 Å². The van der Waals surface area contributed by atoms with Crippen LogP contribution < -0.4 is 9.47 Å². The third-order valence-electron chi connectivity index (χ3n) is 2.69. The number of ether oxygens (including phenoxy) is 2. The van der Waals surface area contributed by atoms with Crippen LogP contribution in [0, 0.1) is 0 Å². The van der Waals surface area contributed by atoms with Gasteiger partial charge in [0.1, 0.15) is 6.10 Å². The molecule has 17 heavy (non-hydrogen) atoms. The second-order valence-corrected chi connectivity index (χ2v) is 3.91. The molecule has 1 aromatic carbocycles. The maximum atomic E-state index is 11.0. The van der Waals surface area contributed by atoms with Crippen molar-refractivity contribution in [3.05, 3.63) is 35.9 Å². The molecule has 1 aliphatic rings. The molecule has 0 spiro atoms. The molecule has 0 fully saturated rings. The van der Waals surface area contributed by atoms with Gasteiger partial charge in [-0.25, -0.2) is 0 Å². The Kier molecular flexibility index (Phi) is 3.81. The molecule has 0 atom stereocenters. The zero-order chi connectivity index (χ0) is 12.1. The van der Waals surface area contributed by atoms with Gasteiger partial charge >= 0.3 is 0 Å². The maximum absolute atomic E-state index is 11.0. The molecule has 0 heterocycles. The second-order valence-electron chi connectivity index (χ2n) is 3.91. The highest BCUT2D eigenvalue weighted by atomic mass is 16.5. The molecule has 2 rings (SSSR count). The average Bonchev–Trinajstić information content (AvgIpc) is 2.84. The van der Waals surface area contributed by atoms with E-state index in [1.165, 1.54) is 0 Å². The van der Waals surface area contributed by atoms with Crippen molar-refractivity contribution in [2.24, 2.45) is 0 Å². The molecule has 3 nitrogen and oxygen atoms in total. The summed E-state index contributed by atoms with van der Waals surface area (Å²) in [5.74, 6) is 1.21. The van der Waals surface area contributed by atoms with E-state index >= 15 is 0 Å². The molecule has 0 saturated heterocycles. The molecule has 1 aliphatic carbocycles. The normalized spacial score (nSPS) is 14.9. The molecule has 0 amide bonds. The summed E-state index contributed by atoms with van der Waals surface area (Å²) < 4.78 is 11.3. The van der Waals surface area contributed by atoms with Crippen LogP contribution in [0.1, 0.15) is 30.1 Å². The highest BCUT2D eigenvalue weighted by molar-refractivity contribution is 5.81. The first kappa shape index (κ1) is 11.7. The predicted molar refractivity (Wildman–Crippen MR) is 65.8 cm³/mol. The monoisotopic (exact) mass is 232 g/mol. The summed E-state index contributed by atoms with van der Waals surface area (Å²) >= 11 is 0. The van der Waals surface area contributed by atoms with Crippen LogP contribution in [-0.2, 0) is 0 Å². The van der Waals surface area contributed by atoms with Crippen molar-refractivity contribution < 1.29 is 14.3 Å². The minimum absolute atomic E-state index is 0.121. The molecule has 1 aromatic rings. The van der Waals surface area contributed by atoms with Crippen molar-refractivity contribution in [1.82, 2.24) is 0 Å². The van der Waals surface area contributed by atoms with Gasteiger partial charge in [0.05, 0.1) is 12.2 Å². The molecule has 0 aromatic heterocycles. The average molecular weight is 232 g/mol. The van der Waals surface area contributed by atoms with Gasteiger partial charge in [-0.1, -0.05) is 18.2 Å². The van der Waals surface area contributed by atoms with E-state index < -0.39 is 0 Å². The van der Waals surface area contributed by atoms with Crippen LogP contribution >= 0.6 is 0 Å². The van der Waals surface area contributed by atoms with E-state index in [4.69, 9.17) is 9.47 Å². The number of rotatable bonds is 5. The van der Waals surface area contributed by atoms with E-state index in [9.17, 15) is 4.79 Å². The maximum Gasteiger partial charge on any atom is 0.172 e. The quantitative estimate of drug-likeness (QED) is 0.578. The minimum atomic E-state index is 0.121. The Morgan fingerprint density at radius 1 is 1.35 bits per heavy atom. The van der Waals surface area contributed by atoms with Crippen LogP contribution in [0.25, 0.3) is 0 Å². The van der Waals surface area contributed by atoms with Gasteiger partial charge in [0, 0.05) is 12.8 Å². The Hall–Kier alpha value is -1.77. The van der Waals surface area contributed by atoms with E-state index in [-0.39, 0.29) is 6.10 Å². The largest absolute Gasteiger partial charge is 0.490 e. The first-order chi connectivity index (χ1) is 8.35. The summed E-state index contributed by atoms with van der Waals surface area (Å²) in [6, 6.07) is 5.37. The van der Waals surface area contributed by atoms with Gasteiger partial charge in [-0.05, 0) is 19.1 Å². The van der Waals surface area contributed by atoms with Crippen molar-refractivity contribution >= 4 is 6.29 Å². The van der Waals surface area contributed by atoms with Gasteiger partial charge in [0.15, 0.2) is 17.8 Å². The van der Waals surface area contributed by atoms with Crippen LogP contribution in [0.3, 0.4) is 0 Å². The SMILES string of the molecule is CCOc1cccc(C=O)c1OC1CC=CC1. The van der Waals surface area contributed by atoms with Crippen LogP contribution in [-0.4, -0.2) is 19.0 Å². The van der Waals surface area contributed by atoms with Gasteiger partial charge in [-0.15, -0.1) is 0 Å². The van der Waals surface area contributed by atoms with Crippen molar-refractivity contribution in [3.8, 4) is 11.5 Å². The number of benzene rings is 1. The molecule has 0 unspecified atom stereocenters. The van der Waals surface area contributed by atoms with Crippen LogP contribution in [0.2, 0.25) is 0 Å². The summed E-state index contributed by atoms with van der Waals surface area (Å²) in [7, 11) is 0. The number of carbonyl (C=O) groups excluding carboxylic acids is 1. The molecular formula is C14H16O3. The number of aldehydes is 1. The lowest BCUT2D eigenvalue weighted by Gasteiger charge is -2.17. The van der Waals surface area contributed by atoms with Crippen molar-refractivity contribution in [3.63, 3.8) is 0 Å². The fourth-order valence-corrected chi connectivity index (χ4v) is 1.88. The third kappa shape index (κ3) is 2.67. The molecule has 0 radical (unpaired) electrons. The van der Waals surface area contributed by atoms with Gasteiger partial charge in [-0.2, -0.15) is 0 Å². The zero-order valence-electron chi connectivity index (χ0n) is 9.89. The summed E-state index contributed by atoms with van der Waals surface area (Å²) in [5.41, 5.74) is 0.544. The van der Waals surface area contributed by atoms with E-state index in [1.807, 2.05) is 13.0 Å². The number of para-hydroxylation sites is 1. The molecule has 90 valence electrons. The standard InChI is InChI=1S/C14H16O3/c1-2-16-13-9-5-6-11(10-15)14(13)17-12-7-3-4-8-12/h3-6,9-10,12H,2,7-8H2,1H3. The number of hydrogen-bond donors (Lipinski definition) is 0. The van der Waals surface area contributed by atoms with Gasteiger partial charge in [0.25, 0.3) is 0 Å². The van der Waals surface area contributed by atoms with Crippen molar-refractivity contribution in [1.29, 1.82) is 0 Å². The molecule has 0 saturated carbocycles. The summed E-state index contributed by atoms with van der Waals surface area (Å²) in [6.07, 6.45) is 6.89. The smallest absolute Gasteiger partial charge is 0.172 e. The highest BCUT2D eigenvalue weighted by Crippen LogP contribution is 2.33. The number of hydrogen-bond acceptors (Lipinski definition) is 3. The number of carbonyl (C=O) groups is 1. The Balaban J connectivity index is 2.23. The minimum Gasteiger partial charge on any atom is -0.490 e. The third-order valence-corrected chi connectivity index (χ3v) is 2.69. The first-order valence-corrected chi connectivity index (χ1v) is 5.87.